The van der Waals surface area contributed by atoms with Gasteiger partial charge in [0.1, 0.15) is 0 Å². The number of hydrogen-bond acceptors (Lipinski definition) is 5. The first-order valence-corrected chi connectivity index (χ1v) is 13.2. The lowest BCUT2D eigenvalue weighted by molar-refractivity contribution is 0.103. The van der Waals surface area contributed by atoms with Crippen molar-refractivity contribution in [2.45, 2.75) is 13.8 Å². The first-order valence-electron chi connectivity index (χ1n) is 13.2. The summed E-state index contributed by atoms with van der Waals surface area (Å²) in [6.45, 7) is 6.39. The summed E-state index contributed by atoms with van der Waals surface area (Å²) in [5.41, 5.74) is 5.08. The van der Waals surface area contributed by atoms with E-state index in [9.17, 15) is 9.59 Å². The fraction of sp³-hybridized carbons (Fsp3) is 0.235. The molecule has 204 valence electrons. The van der Waals surface area contributed by atoms with Crippen molar-refractivity contribution < 1.29 is 9.59 Å². The second kappa shape index (κ2) is 16.6. The summed E-state index contributed by atoms with van der Waals surface area (Å²) in [6.07, 6.45) is 0. The number of carbonyl (C=O) groups is 2. The zero-order valence-electron chi connectivity index (χ0n) is 24.0. The monoisotopic (exact) mass is 523 g/mol. The predicted molar refractivity (Wildman–Crippen MR) is 166 cm³/mol. The van der Waals surface area contributed by atoms with Crippen LogP contribution in [0.1, 0.15) is 45.7 Å². The minimum atomic E-state index is 0.0561. The Labute approximate surface area is 234 Å². The molecule has 4 rings (SSSR count). The quantitative estimate of drug-likeness (QED) is 0.264. The summed E-state index contributed by atoms with van der Waals surface area (Å²) >= 11 is 0. The largest absolute Gasteiger partial charge is 0.378 e. The van der Waals surface area contributed by atoms with Gasteiger partial charge in [0.25, 0.3) is 0 Å². The highest BCUT2D eigenvalue weighted by Crippen LogP contribution is 2.18. The molecule has 0 saturated carbocycles. The molecule has 0 amide bonds. The van der Waals surface area contributed by atoms with Crippen molar-refractivity contribution in [1.82, 2.24) is 5.32 Å². The van der Waals surface area contributed by atoms with E-state index in [1.54, 1.807) is 0 Å². The van der Waals surface area contributed by atoms with Gasteiger partial charge in [-0.1, -0.05) is 74.5 Å². The third kappa shape index (κ3) is 10.2. The van der Waals surface area contributed by atoms with Crippen LogP contribution >= 0.6 is 0 Å². The Balaban J connectivity index is 0.000000243. The predicted octanol–water partition coefficient (Wildman–Crippen LogP) is 6.58. The Kier molecular flexibility index (Phi) is 13.2. The molecule has 0 atom stereocenters. The Bertz CT molecular complexity index is 1150. The Morgan fingerprint density at radius 2 is 0.769 bits per heavy atom. The van der Waals surface area contributed by atoms with E-state index in [4.69, 9.17) is 0 Å². The first-order chi connectivity index (χ1) is 18.8. The minimum Gasteiger partial charge on any atom is -0.378 e. The molecule has 0 aliphatic heterocycles. The van der Waals surface area contributed by atoms with Crippen LogP contribution in [0.5, 0.6) is 0 Å². The first kappa shape index (κ1) is 31.0. The highest BCUT2D eigenvalue weighted by Gasteiger charge is 2.09. The fourth-order valence-corrected chi connectivity index (χ4v) is 3.58. The zero-order chi connectivity index (χ0) is 28.6. The van der Waals surface area contributed by atoms with Crippen LogP contribution in [0.2, 0.25) is 0 Å². The molecule has 0 aromatic heterocycles. The van der Waals surface area contributed by atoms with Gasteiger partial charge in [-0.2, -0.15) is 0 Å². The second-order valence-corrected chi connectivity index (χ2v) is 9.23. The molecular weight excluding hydrogens is 482 g/mol. The molecule has 0 bridgehead atoms. The summed E-state index contributed by atoms with van der Waals surface area (Å²) in [4.78, 5) is 28.3. The summed E-state index contributed by atoms with van der Waals surface area (Å²) < 4.78 is 0. The van der Waals surface area contributed by atoms with Gasteiger partial charge in [-0.05, 0) is 61.6 Å². The van der Waals surface area contributed by atoms with Crippen LogP contribution in [0.3, 0.4) is 0 Å². The average Bonchev–Trinajstić information content (AvgIpc) is 2.98. The minimum absolute atomic E-state index is 0.0561. The molecule has 5 nitrogen and oxygen atoms in total. The normalized spacial score (nSPS) is 9.79. The van der Waals surface area contributed by atoms with Crippen LogP contribution in [-0.2, 0) is 0 Å². The molecule has 4 aromatic rings. The van der Waals surface area contributed by atoms with Crippen LogP contribution in [0, 0.1) is 0 Å². The second-order valence-electron chi connectivity index (χ2n) is 9.23. The molecule has 5 heteroatoms. The Morgan fingerprint density at radius 1 is 0.487 bits per heavy atom. The molecule has 39 heavy (non-hydrogen) atoms. The van der Waals surface area contributed by atoms with E-state index in [0.29, 0.717) is 11.1 Å². The number of benzene rings is 4. The number of ketones is 2. The van der Waals surface area contributed by atoms with E-state index in [1.165, 1.54) is 0 Å². The van der Waals surface area contributed by atoms with Crippen molar-refractivity contribution in [1.29, 1.82) is 0 Å². The lowest BCUT2D eigenvalue weighted by atomic mass is 10.0. The molecule has 0 heterocycles. The van der Waals surface area contributed by atoms with Gasteiger partial charge in [-0.15, -0.1) is 0 Å². The fourth-order valence-electron chi connectivity index (χ4n) is 3.58. The number of nitrogens with zero attached hydrogens (tertiary/aromatic N) is 2. The van der Waals surface area contributed by atoms with E-state index in [0.717, 1.165) is 35.6 Å². The number of nitrogens with one attached hydrogen (secondary N) is 1. The van der Waals surface area contributed by atoms with Crippen LogP contribution < -0.4 is 15.1 Å². The van der Waals surface area contributed by atoms with E-state index in [2.05, 4.69) is 19.2 Å². The van der Waals surface area contributed by atoms with Gasteiger partial charge in [0.15, 0.2) is 11.6 Å². The zero-order valence-corrected chi connectivity index (χ0v) is 24.0. The van der Waals surface area contributed by atoms with Crippen molar-refractivity contribution in [3.05, 3.63) is 131 Å². The number of hydrogen-bond donors (Lipinski definition) is 1. The molecule has 1 N–H and O–H groups in total. The third-order valence-corrected chi connectivity index (χ3v) is 5.86. The van der Waals surface area contributed by atoms with Gasteiger partial charge >= 0.3 is 0 Å². The summed E-state index contributed by atoms with van der Waals surface area (Å²) in [5, 5.41) is 3.11. The molecule has 0 spiro atoms. The maximum Gasteiger partial charge on any atom is 0.193 e. The lowest BCUT2D eigenvalue weighted by Gasteiger charge is -2.13. The van der Waals surface area contributed by atoms with Gasteiger partial charge in [0.2, 0.25) is 0 Å². The van der Waals surface area contributed by atoms with E-state index in [-0.39, 0.29) is 11.6 Å². The van der Waals surface area contributed by atoms with Crippen LogP contribution in [0.4, 0.5) is 11.4 Å². The Hall–Kier alpha value is -4.22. The standard InChI is InChI=1S/C17H20N2O.C13H10O.C4H11N/c1-18(2)15-9-5-13(6-10-15)17(20)14-7-11-16(12-8-14)19(3)4;14-13(11-7-3-1-4-8-11)12-9-5-2-6-10-12;1-3-5-4-2/h5-12H,1-4H3;1-10H;5H,3-4H2,1-2H3. The average molecular weight is 524 g/mol. The molecule has 0 unspecified atom stereocenters. The molecule has 0 radical (unpaired) electrons. The van der Waals surface area contributed by atoms with Gasteiger partial charge in [0.05, 0.1) is 0 Å². The van der Waals surface area contributed by atoms with E-state index >= 15 is 0 Å². The number of rotatable bonds is 8. The van der Waals surface area contributed by atoms with Crippen LogP contribution in [-0.4, -0.2) is 52.8 Å². The molecule has 0 saturated heterocycles. The molecule has 4 aromatic carbocycles. The number of anilines is 2. The maximum atomic E-state index is 12.4. The van der Waals surface area contributed by atoms with Crippen molar-refractivity contribution in [2.24, 2.45) is 0 Å². The van der Waals surface area contributed by atoms with Crippen molar-refractivity contribution in [3.63, 3.8) is 0 Å². The van der Waals surface area contributed by atoms with E-state index in [1.807, 2.05) is 147 Å². The molecular formula is C34H41N3O2. The maximum absolute atomic E-state index is 12.4. The van der Waals surface area contributed by atoms with Gasteiger partial charge < -0.3 is 15.1 Å². The van der Waals surface area contributed by atoms with Gasteiger partial charge in [-0.25, -0.2) is 0 Å². The molecule has 0 aliphatic carbocycles. The lowest BCUT2D eigenvalue weighted by Crippen LogP contribution is -2.10. The van der Waals surface area contributed by atoms with Crippen molar-refractivity contribution in [2.75, 3.05) is 51.1 Å². The third-order valence-electron chi connectivity index (χ3n) is 5.86. The summed E-state index contributed by atoms with van der Waals surface area (Å²) in [6, 6.07) is 33.9. The summed E-state index contributed by atoms with van der Waals surface area (Å²) in [7, 11) is 7.93. The van der Waals surface area contributed by atoms with Crippen molar-refractivity contribution in [3.8, 4) is 0 Å². The van der Waals surface area contributed by atoms with Crippen molar-refractivity contribution >= 4 is 22.9 Å². The number of carbonyl (C=O) groups excluding carboxylic acids is 2. The van der Waals surface area contributed by atoms with Gasteiger partial charge in [-0.3, -0.25) is 9.59 Å². The van der Waals surface area contributed by atoms with E-state index < -0.39 is 0 Å². The highest BCUT2D eigenvalue weighted by molar-refractivity contribution is 6.09. The molecule has 0 aliphatic rings. The smallest absolute Gasteiger partial charge is 0.193 e. The van der Waals surface area contributed by atoms with Crippen LogP contribution in [0.15, 0.2) is 109 Å². The Morgan fingerprint density at radius 3 is 1.00 bits per heavy atom. The SMILES string of the molecule is CCNCC.CN(C)c1ccc(C(=O)c2ccc(N(C)C)cc2)cc1.O=C(c1ccccc1)c1ccccc1. The summed E-state index contributed by atoms with van der Waals surface area (Å²) in [5.74, 6) is 0.131. The van der Waals surface area contributed by atoms with Gasteiger partial charge in [0, 0.05) is 61.8 Å². The topological polar surface area (TPSA) is 52.7 Å². The van der Waals surface area contributed by atoms with Crippen LogP contribution in [0.25, 0.3) is 0 Å². The molecule has 0 fully saturated rings. The highest BCUT2D eigenvalue weighted by atomic mass is 16.1.